The summed E-state index contributed by atoms with van der Waals surface area (Å²) in [6, 6.07) is 14.3. The average molecular weight is 286 g/mol. The molecule has 1 aromatic carbocycles. The minimum atomic E-state index is -0.571. The van der Waals surface area contributed by atoms with Crippen molar-refractivity contribution in [3.05, 3.63) is 52.2 Å². The Morgan fingerprint density at radius 2 is 2.05 bits per heavy atom. The van der Waals surface area contributed by atoms with Crippen molar-refractivity contribution in [3.8, 4) is 11.8 Å². The first-order chi connectivity index (χ1) is 9.65. The van der Waals surface area contributed by atoms with Crippen molar-refractivity contribution in [2.75, 3.05) is 7.11 Å². The maximum atomic E-state index is 9.44. The highest BCUT2D eigenvalue weighted by atomic mass is 32.1. The van der Waals surface area contributed by atoms with E-state index in [0.717, 1.165) is 17.9 Å². The van der Waals surface area contributed by atoms with E-state index in [1.54, 1.807) is 18.4 Å². The molecule has 1 atom stereocenters. The second-order valence-corrected chi connectivity index (χ2v) is 5.93. The summed E-state index contributed by atoms with van der Waals surface area (Å²) >= 11 is 1.70. The fraction of sp³-hybridized carbons (Fsp3) is 0.312. The zero-order valence-electron chi connectivity index (χ0n) is 11.7. The van der Waals surface area contributed by atoms with Crippen LogP contribution in [0, 0.1) is 11.3 Å². The lowest BCUT2D eigenvalue weighted by Crippen LogP contribution is -2.42. The Kier molecular flexibility index (Phi) is 4.78. The highest BCUT2D eigenvalue weighted by Crippen LogP contribution is 2.18. The highest BCUT2D eigenvalue weighted by Gasteiger charge is 2.23. The maximum absolute atomic E-state index is 9.44. The van der Waals surface area contributed by atoms with E-state index < -0.39 is 5.54 Å². The molecule has 2 rings (SSSR count). The SMILES string of the molecule is COc1ccc(CC(C)(C#N)NCc2cccs2)cc1. The summed E-state index contributed by atoms with van der Waals surface area (Å²) in [7, 11) is 1.65. The van der Waals surface area contributed by atoms with Gasteiger partial charge in [-0.15, -0.1) is 11.3 Å². The molecule has 20 heavy (non-hydrogen) atoms. The van der Waals surface area contributed by atoms with Gasteiger partial charge in [-0.05, 0) is 36.1 Å². The van der Waals surface area contributed by atoms with Crippen LogP contribution in [0.4, 0.5) is 0 Å². The average Bonchev–Trinajstić information content (AvgIpc) is 2.99. The Bertz CT molecular complexity index is 572. The van der Waals surface area contributed by atoms with E-state index in [4.69, 9.17) is 4.74 Å². The molecule has 0 aliphatic rings. The number of hydrogen-bond donors (Lipinski definition) is 1. The number of hydrogen-bond acceptors (Lipinski definition) is 4. The van der Waals surface area contributed by atoms with Crippen molar-refractivity contribution in [3.63, 3.8) is 0 Å². The van der Waals surface area contributed by atoms with Gasteiger partial charge in [-0.2, -0.15) is 5.26 Å². The van der Waals surface area contributed by atoms with Gasteiger partial charge in [0.05, 0.1) is 13.2 Å². The van der Waals surface area contributed by atoms with Gasteiger partial charge in [0.2, 0.25) is 0 Å². The van der Waals surface area contributed by atoms with Crippen molar-refractivity contribution >= 4 is 11.3 Å². The largest absolute Gasteiger partial charge is 0.497 e. The number of nitrogens with one attached hydrogen (secondary N) is 1. The molecule has 0 saturated carbocycles. The third kappa shape index (κ3) is 3.83. The predicted octanol–water partition coefficient (Wildman–Crippen LogP) is 3.37. The zero-order valence-corrected chi connectivity index (χ0v) is 12.5. The molecule has 104 valence electrons. The van der Waals surface area contributed by atoms with Gasteiger partial charge in [0.25, 0.3) is 0 Å². The Morgan fingerprint density at radius 3 is 2.60 bits per heavy atom. The van der Waals surface area contributed by atoms with E-state index in [-0.39, 0.29) is 0 Å². The molecule has 0 amide bonds. The third-order valence-electron chi connectivity index (χ3n) is 3.20. The van der Waals surface area contributed by atoms with E-state index in [1.165, 1.54) is 4.88 Å². The van der Waals surface area contributed by atoms with Gasteiger partial charge in [0, 0.05) is 17.8 Å². The fourth-order valence-electron chi connectivity index (χ4n) is 1.99. The Morgan fingerprint density at radius 1 is 1.30 bits per heavy atom. The third-order valence-corrected chi connectivity index (χ3v) is 4.07. The summed E-state index contributed by atoms with van der Waals surface area (Å²) in [5, 5.41) is 14.8. The smallest absolute Gasteiger partial charge is 0.118 e. The summed E-state index contributed by atoms with van der Waals surface area (Å²) in [5.74, 6) is 0.832. The molecule has 3 nitrogen and oxygen atoms in total. The van der Waals surface area contributed by atoms with Gasteiger partial charge in [0.1, 0.15) is 11.3 Å². The monoisotopic (exact) mass is 286 g/mol. The molecule has 2 aromatic rings. The van der Waals surface area contributed by atoms with Crippen molar-refractivity contribution in [2.45, 2.75) is 25.4 Å². The summed E-state index contributed by atoms with van der Waals surface area (Å²) in [6.45, 7) is 2.66. The summed E-state index contributed by atoms with van der Waals surface area (Å²) in [5.41, 5.74) is 0.548. The van der Waals surface area contributed by atoms with Crippen molar-refractivity contribution in [1.82, 2.24) is 5.32 Å². The molecule has 1 unspecified atom stereocenters. The predicted molar refractivity (Wildman–Crippen MR) is 81.9 cm³/mol. The van der Waals surface area contributed by atoms with Crippen LogP contribution in [0.1, 0.15) is 17.4 Å². The molecule has 0 fully saturated rings. The molecular weight excluding hydrogens is 268 g/mol. The van der Waals surface area contributed by atoms with Crippen LogP contribution in [-0.4, -0.2) is 12.6 Å². The van der Waals surface area contributed by atoms with E-state index in [2.05, 4.69) is 17.5 Å². The van der Waals surface area contributed by atoms with Crippen LogP contribution < -0.4 is 10.1 Å². The van der Waals surface area contributed by atoms with E-state index in [1.807, 2.05) is 42.6 Å². The number of nitriles is 1. The van der Waals surface area contributed by atoms with E-state index in [9.17, 15) is 5.26 Å². The first kappa shape index (κ1) is 14.6. The number of rotatable bonds is 6. The summed E-state index contributed by atoms with van der Waals surface area (Å²) < 4.78 is 5.14. The van der Waals surface area contributed by atoms with Crippen LogP contribution in [-0.2, 0) is 13.0 Å². The molecule has 0 spiro atoms. The topological polar surface area (TPSA) is 45.0 Å². The molecule has 0 aliphatic heterocycles. The van der Waals surface area contributed by atoms with Crippen LogP contribution in [0.5, 0.6) is 5.75 Å². The number of nitrogens with zero attached hydrogens (tertiary/aromatic N) is 1. The van der Waals surface area contributed by atoms with Crippen LogP contribution in [0.3, 0.4) is 0 Å². The molecule has 1 aromatic heterocycles. The Hall–Kier alpha value is -1.83. The molecule has 0 saturated heterocycles. The van der Waals surface area contributed by atoms with Crippen molar-refractivity contribution < 1.29 is 4.74 Å². The second-order valence-electron chi connectivity index (χ2n) is 4.90. The number of methoxy groups -OCH3 is 1. The molecule has 0 bridgehead atoms. The van der Waals surface area contributed by atoms with Gasteiger partial charge in [-0.1, -0.05) is 18.2 Å². The molecular formula is C16H18N2OS. The molecule has 0 radical (unpaired) electrons. The second kappa shape index (κ2) is 6.56. The first-order valence-corrected chi connectivity index (χ1v) is 7.35. The number of ether oxygens (including phenoxy) is 1. The minimum Gasteiger partial charge on any atom is -0.497 e. The molecule has 1 N–H and O–H groups in total. The van der Waals surface area contributed by atoms with E-state index in [0.29, 0.717) is 6.42 Å². The molecule has 4 heteroatoms. The van der Waals surface area contributed by atoms with Crippen LogP contribution in [0.15, 0.2) is 41.8 Å². The quantitative estimate of drug-likeness (QED) is 0.885. The van der Waals surface area contributed by atoms with Crippen LogP contribution in [0.2, 0.25) is 0 Å². The zero-order chi connectivity index (χ0) is 14.4. The first-order valence-electron chi connectivity index (χ1n) is 6.47. The van der Waals surface area contributed by atoms with Crippen molar-refractivity contribution in [1.29, 1.82) is 5.26 Å². The van der Waals surface area contributed by atoms with Gasteiger partial charge in [-0.25, -0.2) is 0 Å². The van der Waals surface area contributed by atoms with Gasteiger partial charge in [0.15, 0.2) is 0 Å². The summed E-state index contributed by atoms with van der Waals surface area (Å²) in [6.07, 6.45) is 0.666. The van der Waals surface area contributed by atoms with E-state index >= 15 is 0 Å². The lowest BCUT2D eigenvalue weighted by atomic mass is 9.94. The van der Waals surface area contributed by atoms with Crippen molar-refractivity contribution in [2.24, 2.45) is 0 Å². The lowest BCUT2D eigenvalue weighted by Gasteiger charge is -2.23. The summed E-state index contributed by atoms with van der Waals surface area (Å²) in [4.78, 5) is 1.24. The van der Waals surface area contributed by atoms with Gasteiger partial charge >= 0.3 is 0 Å². The Labute approximate surface area is 123 Å². The standard InChI is InChI=1S/C16H18N2OS/c1-16(12-17,18-11-15-4-3-9-20-15)10-13-5-7-14(19-2)8-6-13/h3-9,18H,10-11H2,1-2H3. The number of benzene rings is 1. The molecule has 0 aliphatic carbocycles. The van der Waals surface area contributed by atoms with Crippen LogP contribution in [0.25, 0.3) is 0 Å². The molecule has 1 heterocycles. The van der Waals surface area contributed by atoms with Crippen LogP contribution >= 0.6 is 11.3 Å². The maximum Gasteiger partial charge on any atom is 0.118 e. The fourth-order valence-corrected chi connectivity index (χ4v) is 2.63. The van der Waals surface area contributed by atoms with Gasteiger partial charge < -0.3 is 4.74 Å². The highest BCUT2D eigenvalue weighted by molar-refractivity contribution is 7.09. The minimum absolute atomic E-state index is 0.571. The number of thiophene rings is 1. The normalized spacial score (nSPS) is 13.4. The lowest BCUT2D eigenvalue weighted by molar-refractivity contribution is 0.413. The van der Waals surface area contributed by atoms with Gasteiger partial charge in [-0.3, -0.25) is 5.32 Å². The Balaban J connectivity index is 2.00.